The molecule has 25 heavy (non-hydrogen) atoms. The number of rotatable bonds is 6. The second-order valence-electron chi connectivity index (χ2n) is 5.14. The molecular weight excluding hydrogens is 378 g/mol. The van der Waals surface area contributed by atoms with Crippen LogP contribution in [0.5, 0.6) is 0 Å². The molecule has 0 spiro atoms. The Morgan fingerprint density at radius 3 is 2.76 bits per heavy atom. The van der Waals surface area contributed by atoms with Gasteiger partial charge in [-0.15, -0.1) is 21.5 Å². The molecule has 0 fully saturated rings. The Labute approximate surface area is 158 Å². The van der Waals surface area contributed by atoms with Crippen LogP contribution in [0.15, 0.2) is 41.0 Å². The van der Waals surface area contributed by atoms with Gasteiger partial charge in [0.25, 0.3) is 0 Å². The van der Waals surface area contributed by atoms with E-state index in [4.69, 9.17) is 11.6 Å². The van der Waals surface area contributed by atoms with E-state index >= 15 is 0 Å². The Hall–Kier alpha value is -1.90. The minimum Gasteiger partial charge on any atom is -0.302 e. The number of thioether (sulfide) groups is 1. The summed E-state index contributed by atoms with van der Waals surface area (Å²) < 4.78 is 1.99. The van der Waals surface area contributed by atoms with Gasteiger partial charge < -0.3 is 9.88 Å². The van der Waals surface area contributed by atoms with Crippen molar-refractivity contribution in [3.8, 4) is 11.4 Å². The van der Waals surface area contributed by atoms with Crippen LogP contribution in [-0.4, -0.2) is 30.9 Å². The zero-order chi connectivity index (χ0) is 17.8. The summed E-state index contributed by atoms with van der Waals surface area (Å²) >= 11 is 8.70. The van der Waals surface area contributed by atoms with Crippen molar-refractivity contribution in [1.29, 1.82) is 0 Å². The number of carbonyl (C=O) groups is 1. The maximum absolute atomic E-state index is 12.3. The highest BCUT2D eigenvalue weighted by Gasteiger charge is 2.20. The smallest absolute Gasteiger partial charge is 0.239 e. The minimum atomic E-state index is -0.323. The molecule has 0 unspecified atom stereocenters. The third kappa shape index (κ3) is 4.20. The number of carbonyl (C=O) groups excluding carboxylic acids is 1. The number of amides is 1. The molecule has 3 aromatic rings. The normalized spacial score (nSPS) is 12.1. The molecule has 0 bridgehead atoms. The molecule has 1 N–H and O–H groups in total. The molecule has 1 aromatic carbocycles. The topological polar surface area (TPSA) is 72.7 Å². The summed E-state index contributed by atoms with van der Waals surface area (Å²) in [6.07, 6.45) is 1.66. The Morgan fingerprint density at radius 2 is 2.12 bits per heavy atom. The lowest BCUT2D eigenvalue weighted by Gasteiger charge is -2.11. The number of anilines is 1. The van der Waals surface area contributed by atoms with Crippen LogP contribution in [0, 0.1) is 0 Å². The van der Waals surface area contributed by atoms with Gasteiger partial charge >= 0.3 is 0 Å². The highest BCUT2D eigenvalue weighted by molar-refractivity contribution is 8.00. The van der Waals surface area contributed by atoms with Gasteiger partial charge in [-0.05, 0) is 38.1 Å². The Balaban J connectivity index is 1.76. The molecule has 0 aliphatic carbocycles. The van der Waals surface area contributed by atoms with Crippen LogP contribution in [0.4, 0.5) is 5.13 Å². The van der Waals surface area contributed by atoms with Crippen molar-refractivity contribution < 1.29 is 4.79 Å². The lowest BCUT2D eigenvalue weighted by atomic mass is 10.2. The summed E-state index contributed by atoms with van der Waals surface area (Å²) in [6.45, 7) is 4.56. The van der Waals surface area contributed by atoms with Gasteiger partial charge in [-0.3, -0.25) is 4.79 Å². The second-order valence-corrected chi connectivity index (χ2v) is 7.78. The van der Waals surface area contributed by atoms with Crippen LogP contribution >= 0.6 is 34.7 Å². The number of halogens is 1. The lowest BCUT2D eigenvalue weighted by molar-refractivity contribution is -0.115. The third-order valence-electron chi connectivity index (χ3n) is 3.45. The van der Waals surface area contributed by atoms with E-state index in [0.29, 0.717) is 21.9 Å². The molecule has 0 saturated heterocycles. The van der Waals surface area contributed by atoms with E-state index in [-0.39, 0.29) is 11.2 Å². The molecule has 0 aliphatic heterocycles. The zero-order valence-electron chi connectivity index (χ0n) is 13.6. The fraction of sp³-hybridized carbons (Fsp3) is 0.250. The molecule has 1 atom stereocenters. The van der Waals surface area contributed by atoms with Gasteiger partial charge in [-0.25, -0.2) is 4.98 Å². The van der Waals surface area contributed by atoms with Crippen LogP contribution < -0.4 is 5.32 Å². The molecule has 0 saturated carbocycles. The lowest BCUT2D eigenvalue weighted by Crippen LogP contribution is -2.22. The predicted octanol–water partition coefficient (Wildman–Crippen LogP) is 4.19. The van der Waals surface area contributed by atoms with Crippen LogP contribution in [0.2, 0.25) is 5.02 Å². The summed E-state index contributed by atoms with van der Waals surface area (Å²) in [5.41, 5.74) is 0.936. The summed E-state index contributed by atoms with van der Waals surface area (Å²) in [4.78, 5) is 16.4. The van der Waals surface area contributed by atoms with Gasteiger partial charge in [0.15, 0.2) is 16.1 Å². The highest BCUT2D eigenvalue weighted by Crippen LogP contribution is 2.28. The van der Waals surface area contributed by atoms with Crippen molar-refractivity contribution >= 4 is 45.7 Å². The number of hydrogen-bond acceptors (Lipinski definition) is 6. The fourth-order valence-electron chi connectivity index (χ4n) is 2.18. The molecular formula is C16H16ClN5OS2. The first-order chi connectivity index (χ1) is 12.1. The van der Waals surface area contributed by atoms with E-state index in [1.165, 1.54) is 23.1 Å². The first-order valence-electron chi connectivity index (χ1n) is 7.64. The monoisotopic (exact) mass is 393 g/mol. The van der Waals surface area contributed by atoms with Crippen molar-refractivity contribution in [3.05, 3.63) is 40.9 Å². The Kier molecular flexibility index (Phi) is 5.72. The molecule has 0 aliphatic rings. The van der Waals surface area contributed by atoms with E-state index < -0.39 is 0 Å². The zero-order valence-corrected chi connectivity index (χ0v) is 16.0. The SMILES string of the molecule is CCn1c(S[C@@H](C)C(=O)Nc2nccs2)nnc1-c1ccc(Cl)cc1. The molecule has 130 valence electrons. The second kappa shape index (κ2) is 7.99. The van der Waals surface area contributed by atoms with E-state index in [2.05, 4.69) is 20.5 Å². The van der Waals surface area contributed by atoms with Crippen molar-refractivity contribution in [3.63, 3.8) is 0 Å². The van der Waals surface area contributed by atoms with E-state index in [1.54, 1.807) is 6.20 Å². The van der Waals surface area contributed by atoms with E-state index in [0.717, 1.165) is 11.4 Å². The molecule has 2 heterocycles. The van der Waals surface area contributed by atoms with Gasteiger partial charge in [0.1, 0.15) is 0 Å². The standard InChI is InChI=1S/C16H16ClN5OS2/c1-3-22-13(11-4-6-12(17)7-5-11)20-21-16(22)25-10(2)14(23)19-15-18-8-9-24-15/h4-10H,3H2,1-2H3,(H,18,19,23)/t10-/m0/s1. The number of nitrogens with one attached hydrogen (secondary N) is 1. The number of aromatic nitrogens is 4. The molecule has 1 amide bonds. The Bertz CT molecular complexity index is 848. The average Bonchev–Trinajstić information content (AvgIpc) is 3.25. The van der Waals surface area contributed by atoms with E-state index in [9.17, 15) is 4.79 Å². The molecule has 2 aromatic heterocycles. The van der Waals surface area contributed by atoms with Crippen molar-refractivity contribution in [1.82, 2.24) is 19.7 Å². The predicted molar refractivity (Wildman–Crippen MR) is 102 cm³/mol. The van der Waals surface area contributed by atoms with Gasteiger partial charge in [0.05, 0.1) is 5.25 Å². The third-order valence-corrected chi connectivity index (χ3v) is 5.47. The number of nitrogens with zero attached hydrogens (tertiary/aromatic N) is 4. The van der Waals surface area contributed by atoms with Crippen LogP contribution in [0.1, 0.15) is 13.8 Å². The summed E-state index contributed by atoms with van der Waals surface area (Å²) in [7, 11) is 0. The maximum Gasteiger partial charge on any atom is 0.239 e. The summed E-state index contributed by atoms with van der Waals surface area (Å²) in [5.74, 6) is 0.646. The molecule has 6 nitrogen and oxygen atoms in total. The van der Waals surface area contributed by atoms with Gasteiger partial charge in [-0.2, -0.15) is 0 Å². The Morgan fingerprint density at radius 1 is 1.36 bits per heavy atom. The van der Waals surface area contributed by atoms with Gasteiger partial charge in [0.2, 0.25) is 5.91 Å². The van der Waals surface area contributed by atoms with Crippen LogP contribution in [0.25, 0.3) is 11.4 Å². The summed E-state index contributed by atoms with van der Waals surface area (Å²) in [5, 5.41) is 14.8. The van der Waals surface area contributed by atoms with Crippen LogP contribution in [0.3, 0.4) is 0 Å². The first-order valence-corrected chi connectivity index (χ1v) is 9.78. The summed E-state index contributed by atoms with van der Waals surface area (Å²) in [6, 6.07) is 7.46. The van der Waals surface area contributed by atoms with Crippen molar-refractivity contribution in [2.24, 2.45) is 0 Å². The van der Waals surface area contributed by atoms with Crippen molar-refractivity contribution in [2.75, 3.05) is 5.32 Å². The number of benzene rings is 1. The maximum atomic E-state index is 12.3. The van der Waals surface area contributed by atoms with Crippen molar-refractivity contribution in [2.45, 2.75) is 30.8 Å². The molecule has 9 heteroatoms. The quantitative estimate of drug-likeness (QED) is 0.635. The number of hydrogen-bond donors (Lipinski definition) is 1. The largest absolute Gasteiger partial charge is 0.302 e. The number of thiazole rings is 1. The van der Waals surface area contributed by atoms with Gasteiger partial charge in [0, 0.05) is 28.7 Å². The highest BCUT2D eigenvalue weighted by atomic mass is 35.5. The molecule has 3 rings (SSSR count). The fourth-order valence-corrected chi connectivity index (χ4v) is 3.75. The van der Waals surface area contributed by atoms with Crippen LogP contribution in [-0.2, 0) is 11.3 Å². The molecule has 0 radical (unpaired) electrons. The van der Waals surface area contributed by atoms with E-state index in [1.807, 2.05) is 48.1 Å². The minimum absolute atomic E-state index is 0.112. The average molecular weight is 394 g/mol. The first kappa shape index (κ1) is 17.9. The van der Waals surface area contributed by atoms with Gasteiger partial charge in [-0.1, -0.05) is 23.4 Å².